The second-order valence-corrected chi connectivity index (χ2v) is 8.29. The van der Waals surface area contributed by atoms with E-state index in [4.69, 9.17) is 14.2 Å². The van der Waals surface area contributed by atoms with Crippen LogP contribution in [0.4, 0.5) is 0 Å². The molecule has 3 heterocycles. The number of benzene rings is 1. The lowest BCUT2D eigenvalue weighted by Gasteiger charge is -2.35. The Labute approximate surface area is 189 Å². The second kappa shape index (κ2) is 8.65. The van der Waals surface area contributed by atoms with Crippen molar-refractivity contribution in [1.29, 1.82) is 0 Å². The molecule has 2 unspecified atom stereocenters. The van der Waals surface area contributed by atoms with Gasteiger partial charge >= 0.3 is 5.97 Å². The van der Waals surface area contributed by atoms with Gasteiger partial charge in [0.2, 0.25) is 0 Å². The first kappa shape index (κ1) is 23.0. The summed E-state index contributed by atoms with van der Waals surface area (Å²) in [5, 5.41) is 21.2. The van der Waals surface area contributed by atoms with Gasteiger partial charge in [-0.15, -0.1) is 10.1 Å². The van der Waals surface area contributed by atoms with E-state index in [0.29, 0.717) is 17.0 Å². The number of nitrogens with zero attached hydrogens (tertiary/aromatic N) is 2. The van der Waals surface area contributed by atoms with Crippen molar-refractivity contribution in [1.82, 2.24) is 0 Å². The predicted octanol–water partition coefficient (Wildman–Crippen LogP) is 0.983. The second-order valence-electron chi connectivity index (χ2n) is 8.29. The highest BCUT2D eigenvalue weighted by atomic mass is 17.0. The first-order valence-electron chi connectivity index (χ1n) is 10.4. The lowest BCUT2D eigenvalue weighted by Crippen LogP contribution is -2.53. The Hall–Kier alpha value is -3.15. The van der Waals surface area contributed by atoms with Gasteiger partial charge in [0, 0.05) is 22.9 Å². The molecular weight excluding hydrogens is 436 g/mol. The highest BCUT2D eigenvalue weighted by molar-refractivity contribution is 6.11. The van der Waals surface area contributed by atoms with Gasteiger partial charge < -0.3 is 24.2 Å². The van der Waals surface area contributed by atoms with Crippen LogP contribution in [0.3, 0.4) is 0 Å². The fourth-order valence-corrected chi connectivity index (χ4v) is 4.91. The molecule has 3 aliphatic heterocycles. The van der Waals surface area contributed by atoms with Gasteiger partial charge in [-0.2, -0.15) is 0 Å². The Kier molecular flexibility index (Phi) is 6.04. The molecule has 0 saturated carbocycles. The molecular formula is C22H24N2O9. The zero-order valence-electron chi connectivity index (χ0n) is 18.3. The van der Waals surface area contributed by atoms with E-state index in [0.717, 1.165) is 0 Å². The van der Waals surface area contributed by atoms with Crippen LogP contribution in [0, 0.1) is 16.0 Å². The van der Waals surface area contributed by atoms with Crippen molar-refractivity contribution in [3.63, 3.8) is 0 Å². The van der Waals surface area contributed by atoms with Crippen molar-refractivity contribution in [2.45, 2.75) is 43.7 Å². The summed E-state index contributed by atoms with van der Waals surface area (Å²) in [6.45, 7) is 2.66. The number of rotatable bonds is 6. The number of Topliss-reactive ketones (excluding diaryl/α,β-unsaturated/α-hetero) is 1. The summed E-state index contributed by atoms with van der Waals surface area (Å²) in [4.78, 5) is 46.4. The third-order valence-electron chi connectivity index (χ3n) is 6.37. The Balaban J connectivity index is 1.76. The number of ketones is 1. The maximum absolute atomic E-state index is 13.9. The number of carbonyl (C=O) groups is 2. The van der Waals surface area contributed by atoms with Gasteiger partial charge in [0.25, 0.3) is 5.09 Å². The molecule has 0 aliphatic carbocycles. The van der Waals surface area contributed by atoms with E-state index in [2.05, 4.69) is 9.83 Å². The van der Waals surface area contributed by atoms with E-state index in [-0.39, 0.29) is 12.2 Å². The van der Waals surface area contributed by atoms with Crippen LogP contribution in [-0.2, 0) is 28.6 Å². The summed E-state index contributed by atoms with van der Waals surface area (Å²) < 4.78 is 16.1. The molecule has 1 aromatic carbocycles. The van der Waals surface area contributed by atoms with Crippen LogP contribution in [0.1, 0.15) is 25.3 Å². The largest absolute Gasteiger partial charge is 0.468 e. The minimum Gasteiger partial charge on any atom is -0.468 e. The molecule has 0 aromatic heterocycles. The van der Waals surface area contributed by atoms with Crippen LogP contribution in [0.25, 0.3) is 0 Å². The van der Waals surface area contributed by atoms with Crippen molar-refractivity contribution in [3.8, 4) is 0 Å². The molecule has 6 atom stereocenters. The average molecular weight is 460 g/mol. The van der Waals surface area contributed by atoms with Gasteiger partial charge in [0.05, 0.1) is 20.3 Å². The van der Waals surface area contributed by atoms with E-state index in [1.165, 1.54) is 7.11 Å². The molecule has 0 bridgehead atoms. The number of methoxy groups -OCH3 is 1. The molecule has 0 amide bonds. The van der Waals surface area contributed by atoms with Crippen molar-refractivity contribution >= 4 is 17.5 Å². The summed E-state index contributed by atoms with van der Waals surface area (Å²) in [7, 11) is 1.26. The number of aliphatic hydroxyl groups is 1. The predicted molar refractivity (Wildman–Crippen MR) is 112 cm³/mol. The SMILES string of the molecule is COC(=O)C1C(C)=NC(C)=C(C(=O)[C@@]2(O)CO[C@@H]3[C@@H](O[N+](=O)[O-])CO[C@@H]32)C1c1ccccc1. The first-order chi connectivity index (χ1) is 15.7. The average Bonchev–Trinajstić information content (AvgIpc) is 3.34. The summed E-state index contributed by atoms with van der Waals surface area (Å²) >= 11 is 0. The Morgan fingerprint density at radius 2 is 1.94 bits per heavy atom. The van der Waals surface area contributed by atoms with Gasteiger partial charge in [-0.1, -0.05) is 30.3 Å². The monoisotopic (exact) mass is 460 g/mol. The quantitative estimate of drug-likeness (QED) is 0.373. The number of esters is 1. The molecule has 2 fully saturated rings. The zero-order valence-corrected chi connectivity index (χ0v) is 18.3. The van der Waals surface area contributed by atoms with Crippen molar-refractivity contribution in [2.75, 3.05) is 20.3 Å². The van der Waals surface area contributed by atoms with Gasteiger partial charge in [-0.05, 0) is 19.4 Å². The standard InChI is InChI=1S/C22H24N2O9/c1-11-15(17(13-7-5-4-6-8-13)16(12(2)23-11)21(26)30-3)19(25)22(27)10-32-18-14(33-24(28)29)9-31-20(18)22/h4-8,14,16-18,20,27H,9-10H2,1-3H3/t14-,16?,17?,18+,20-,22-/m0/s1. The van der Waals surface area contributed by atoms with Crippen molar-refractivity contribution in [2.24, 2.45) is 10.9 Å². The highest BCUT2D eigenvalue weighted by Crippen LogP contribution is 2.45. The maximum atomic E-state index is 13.9. The Morgan fingerprint density at radius 3 is 2.58 bits per heavy atom. The number of carbonyl (C=O) groups excluding carboxylic acids is 2. The molecule has 33 heavy (non-hydrogen) atoms. The van der Waals surface area contributed by atoms with E-state index in [9.17, 15) is 24.8 Å². The summed E-state index contributed by atoms with van der Waals surface area (Å²) in [5.41, 5.74) is -0.500. The highest BCUT2D eigenvalue weighted by Gasteiger charge is 2.62. The number of hydrogen-bond donors (Lipinski definition) is 1. The van der Waals surface area contributed by atoms with Crippen molar-refractivity contribution in [3.05, 3.63) is 57.3 Å². The van der Waals surface area contributed by atoms with Gasteiger partial charge in [0.15, 0.2) is 17.5 Å². The smallest absolute Gasteiger partial charge is 0.315 e. The summed E-state index contributed by atoms with van der Waals surface area (Å²) in [5.74, 6) is -2.92. The third kappa shape index (κ3) is 3.81. The number of fused-ring (bicyclic) bond motifs is 1. The van der Waals surface area contributed by atoms with Gasteiger partial charge in [-0.25, -0.2) is 0 Å². The molecule has 2 saturated heterocycles. The first-order valence-corrected chi connectivity index (χ1v) is 10.4. The van der Waals surface area contributed by atoms with Gasteiger partial charge in [0.1, 0.15) is 18.1 Å². The minimum atomic E-state index is -2.13. The van der Waals surface area contributed by atoms with Crippen LogP contribution in [0.2, 0.25) is 0 Å². The molecule has 0 spiro atoms. The van der Waals surface area contributed by atoms with Crippen molar-refractivity contribution < 1.29 is 38.8 Å². The van der Waals surface area contributed by atoms with Crippen LogP contribution < -0.4 is 0 Å². The molecule has 3 aliphatic rings. The zero-order chi connectivity index (χ0) is 23.9. The molecule has 0 radical (unpaired) electrons. The number of allylic oxidation sites excluding steroid dienone is 1. The van der Waals surface area contributed by atoms with Crippen LogP contribution in [-0.4, -0.2) is 71.9 Å². The summed E-state index contributed by atoms with van der Waals surface area (Å²) in [6.07, 6.45) is -3.23. The molecule has 176 valence electrons. The maximum Gasteiger partial charge on any atom is 0.315 e. The molecule has 1 aromatic rings. The Bertz CT molecular complexity index is 1040. The van der Waals surface area contributed by atoms with E-state index < -0.39 is 59.2 Å². The third-order valence-corrected chi connectivity index (χ3v) is 6.37. The number of hydrogen-bond acceptors (Lipinski definition) is 10. The van der Waals surface area contributed by atoms with Crippen LogP contribution in [0.15, 0.2) is 46.6 Å². The molecule has 1 N–H and O–H groups in total. The van der Waals surface area contributed by atoms with E-state index in [1.807, 2.05) is 6.07 Å². The Morgan fingerprint density at radius 1 is 1.24 bits per heavy atom. The van der Waals surface area contributed by atoms with E-state index in [1.54, 1.807) is 38.1 Å². The van der Waals surface area contributed by atoms with Crippen LogP contribution in [0.5, 0.6) is 0 Å². The van der Waals surface area contributed by atoms with E-state index >= 15 is 0 Å². The molecule has 11 nitrogen and oxygen atoms in total. The number of aliphatic imine (C=N–C) groups is 1. The lowest BCUT2D eigenvalue weighted by molar-refractivity contribution is -0.769. The fourth-order valence-electron chi connectivity index (χ4n) is 4.91. The summed E-state index contributed by atoms with van der Waals surface area (Å²) in [6, 6.07) is 8.94. The molecule has 4 rings (SSSR count). The van der Waals surface area contributed by atoms with Crippen LogP contribution >= 0.6 is 0 Å². The minimum absolute atomic E-state index is 0.135. The molecule has 11 heteroatoms. The lowest BCUT2D eigenvalue weighted by atomic mass is 9.71. The number of ether oxygens (including phenoxy) is 3. The fraction of sp³-hybridized carbons (Fsp3) is 0.500. The van der Waals surface area contributed by atoms with Gasteiger partial charge in [-0.3, -0.25) is 14.6 Å². The normalized spacial score (nSPS) is 33.3. The topological polar surface area (TPSA) is 147 Å².